The van der Waals surface area contributed by atoms with Crippen LogP contribution in [0.5, 0.6) is 5.75 Å². The maximum atomic E-state index is 9.90. The van der Waals surface area contributed by atoms with E-state index in [1.54, 1.807) is 14.2 Å². The Hall–Kier alpha value is -1.06. The molecule has 0 aliphatic carbocycles. The average molecular weight is 210 g/mol. The molecule has 1 atom stereocenters. The van der Waals surface area contributed by atoms with E-state index >= 15 is 0 Å². The zero-order chi connectivity index (χ0) is 11.4. The fourth-order valence-corrected chi connectivity index (χ4v) is 1.78. The Morgan fingerprint density at radius 3 is 2.47 bits per heavy atom. The lowest BCUT2D eigenvalue weighted by molar-refractivity contribution is 0.0624. The van der Waals surface area contributed by atoms with Gasteiger partial charge in [0, 0.05) is 12.7 Å². The fraction of sp³-hybridized carbons (Fsp3) is 0.500. The first kappa shape index (κ1) is 12.0. The van der Waals surface area contributed by atoms with Crippen LogP contribution >= 0.6 is 0 Å². The van der Waals surface area contributed by atoms with Crippen LogP contribution in [0.3, 0.4) is 0 Å². The van der Waals surface area contributed by atoms with Crippen molar-refractivity contribution in [2.45, 2.75) is 20.0 Å². The zero-order valence-electron chi connectivity index (χ0n) is 9.70. The third-order valence-electron chi connectivity index (χ3n) is 2.37. The number of hydrogen-bond acceptors (Lipinski definition) is 3. The molecular weight excluding hydrogens is 192 g/mol. The summed E-state index contributed by atoms with van der Waals surface area (Å²) in [4.78, 5) is 0. The highest BCUT2D eigenvalue weighted by Crippen LogP contribution is 2.30. The number of rotatable bonds is 4. The Balaban J connectivity index is 3.14. The minimum Gasteiger partial charge on any atom is -0.496 e. The second kappa shape index (κ2) is 5.14. The van der Waals surface area contributed by atoms with Crippen LogP contribution < -0.4 is 4.74 Å². The average Bonchev–Trinajstić information content (AvgIpc) is 2.16. The fourth-order valence-electron chi connectivity index (χ4n) is 1.78. The third-order valence-corrected chi connectivity index (χ3v) is 2.37. The van der Waals surface area contributed by atoms with E-state index in [-0.39, 0.29) is 6.61 Å². The van der Waals surface area contributed by atoms with Gasteiger partial charge < -0.3 is 14.6 Å². The summed E-state index contributed by atoms with van der Waals surface area (Å²) < 4.78 is 10.2. The van der Waals surface area contributed by atoms with E-state index in [1.807, 2.05) is 26.0 Å². The molecule has 15 heavy (non-hydrogen) atoms. The Morgan fingerprint density at radius 2 is 1.93 bits per heavy atom. The molecule has 1 aromatic carbocycles. The molecule has 0 spiro atoms. The summed E-state index contributed by atoms with van der Waals surface area (Å²) >= 11 is 0. The highest BCUT2D eigenvalue weighted by atomic mass is 16.5. The standard InChI is InChI=1S/C12H18O3/c1-8-5-9(2)12(10(13)7-14-3)11(6-8)15-4/h5-6,10,13H,7H2,1-4H3. The Morgan fingerprint density at radius 1 is 1.27 bits per heavy atom. The van der Waals surface area contributed by atoms with Crippen molar-refractivity contribution >= 4 is 0 Å². The molecule has 0 saturated heterocycles. The van der Waals surface area contributed by atoms with Gasteiger partial charge in [-0.1, -0.05) is 6.07 Å². The van der Waals surface area contributed by atoms with Gasteiger partial charge in [0.1, 0.15) is 11.9 Å². The van der Waals surface area contributed by atoms with Crippen LogP contribution in [-0.2, 0) is 4.74 Å². The van der Waals surface area contributed by atoms with Crippen LogP contribution in [0.1, 0.15) is 22.8 Å². The number of aliphatic hydroxyl groups is 1. The molecule has 0 amide bonds. The first-order chi connectivity index (χ1) is 7.10. The summed E-state index contributed by atoms with van der Waals surface area (Å²) in [5.41, 5.74) is 2.96. The lowest BCUT2D eigenvalue weighted by Gasteiger charge is -2.17. The van der Waals surface area contributed by atoms with Crippen LogP contribution in [0.15, 0.2) is 12.1 Å². The molecule has 0 bridgehead atoms. The van der Waals surface area contributed by atoms with Gasteiger partial charge in [0.05, 0.1) is 13.7 Å². The maximum Gasteiger partial charge on any atom is 0.125 e. The smallest absolute Gasteiger partial charge is 0.125 e. The number of methoxy groups -OCH3 is 2. The molecule has 0 saturated carbocycles. The second-order valence-electron chi connectivity index (χ2n) is 3.67. The van der Waals surface area contributed by atoms with Crippen molar-refractivity contribution in [3.05, 3.63) is 28.8 Å². The molecule has 0 aliphatic heterocycles. The summed E-state index contributed by atoms with van der Waals surface area (Å²) in [7, 11) is 3.18. The molecule has 0 fully saturated rings. The van der Waals surface area contributed by atoms with Crippen molar-refractivity contribution in [2.75, 3.05) is 20.8 Å². The number of hydrogen-bond donors (Lipinski definition) is 1. The monoisotopic (exact) mass is 210 g/mol. The molecule has 84 valence electrons. The molecule has 0 heterocycles. The van der Waals surface area contributed by atoms with E-state index in [0.29, 0.717) is 0 Å². The highest BCUT2D eigenvalue weighted by Gasteiger charge is 2.16. The lowest BCUT2D eigenvalue weighted by atomic mass is 10.00. The van der Waals surface area contributed by atoms with Gasteiger partial charge >= 0.3 is 0 Å². The van der Waals surface area contributed by atoms with E-state index in [4.69, 9.17) is 9.47 Å². The summed E-state index contributed by atoms with van der Waals surface area (Å²) in [5.74, 6) is 0.719. The Labute approximate surface area is 90.6 Å². The van der Waals surface area contributed by atoms with Gasteiger partial charge in [-0.3, -0.25) is 0 Å². The molecule has 1 unspecified atom stereocenters. The first-order valence-corrected chi connectivity index (χ1v) is 4.92. The molecule has 0 aliphatic rings. The molecule has 0 aromatic heterocycles. The van der Waals surface area contributed by atoms with Crippen molar-refractivity contribution in [1.82, 2.24) is 0 Å². The van der Waals surface area contributed by atoms with Crippen molar-refractivity contribution in [2.24, 2.45) is 0 Å². The quantitative estimate of drug-likeness (QED) is 0.826. The summed E-state index contributed by atoms with van der Waals surface area (Å²) in [6.07, 6.45) is -0.634. The highest BCUT2D eigenvalue weighted by molar-refractivity contribution is 5.44. The van der Waals surface area contributed by atoms with E-state index in [1.165, 1.54) is 0 Å². The van der Waals surface area contributed by atoms with Crippen molar-refractivity contribution < 1.29 is 14.6 Å². The minimum absolute atomic E-state index is 0.278. The summed E-state index contributed by atoms with van der Waals surface area (Å²) in [6.45, 7) is 4.24. The van der Waals surface area contributed by atoms with Gasteiger partial charge in [-0.25, -0.2) is 0 Å². The van der Waals surface area contributed by atoms with Crippen LogP contribution in [-0.4, -0.2) is 25.9 Å². The SMILES string of the molecule is COCC(O)c1c(C)cc(C)cc1OC. The summed E-state index contributed by atoms with van der Waals surface area (Å²) in [6, 6.07) is 3.94. The van der Waals surface area contributed by atoms with E-state index in [2.05, 4.69) is 0 Å². The van der Waals surface area contributed by atoms with Gasteiger partial charge in [0.15, 0.2) is 0 Å². The number of benzene rings is 1. The maximum absolute atomic E-state index is 9.90. The molecule has 3 heteroatoms. The predicted molar refractivity (Wildman–Crippen MR) is 59.3 cm³/mol. The van der Waals surface area contributed by atoms with Gasteiger partial charge in [0.2, 0.25) is 0 Å². The third kappa shape index (κ3) is 2.70. The molecule has 1 N–H and O–H groups in total. The van der Waals surface area contributed by atoms with E-state index in [9.17, 15) is 5.11 Å². The topological polar surface area (TPSA) is 38.7 Å². The lowest BCUT2D eigenvalue weighted by Crippen LogP contribution is -2.09. The number of aryl methyl sites for hydroxylation is 2. The molecule has 0 radical (unpaired) electrons. The molecular formula is C12H18O3. The Kier molecular flexibility index (Phi) is 4.12. The predicted octanol–water partition coefficient (Wildman–Crippen LogP) is 1.99. The van der Waals surface area contributed by atoms with Crippen LogP contribution in [0.2, 0.25) is 0 Å². The molecule has 3 nitrogen and oxygen atoms in total. The van der Waals surface area contributed by atoms with E-state index in [0.717, 1.165) is 22.4 Å². The second-order valence-corrected chi connectivity index (χ2v) is 3.67. The largest absolute Gasteiger partial charge is 0.496 e. The van der Waals surface area contributed by atoms with Crippen molar-refractivity contribution in [3.8, 4) is 5.75 Å². The van der Waals surface area contributed by atoms with Gasteiger partial charge in [-0.2, -0.15) is 0 Å². The first-order valence-electron chi connectivity index (χ1n) is 4.92. The van der Waals surface area contributed by atoms with E-state index < -0.39 is 6.10 Å². The summed E-state index contributed by atoms with van der Waals surface area (Å²) in [5, 5.41) is 9.90. The number of ether oxygens (including phenoxy) is 2. The van der Waals surface area contributed by atoms with Crippen LogP contribution in [0.25, 0.3) is 0 Å². The minimum atomic E-state index is -0.634. The number of aliphatic hydroxyl groups excluding tert-OH is 1. The van der Waals surface area contributed by atoms with Gasteiger partial charge in [-0.05, 0) is 31.0 Å². The van der Waals surface area contributed by atoms with Crippen molar-refractivity contribution in [1.29, 1.82) is 0 Å². The van der Waals surface area contributed by atoms with Crippen LogP contribution in [0, 0.1) is 13.8 Å². The van der Waals surface area contributed by atoms with Gasteiger partial charge in [-0.15, -0.1) is 0 Å². The molecule has 1 aromatic rings. The van der Waals surface area contributed by atoms with Crippen LogP contribution in [0.4, 0.5) is 0 Å². The molecule has 1 rings (SSSR count). The Bertz CT molecular complexity index is 334. The normalized spacial score (nSPS) is 12.6. The zero-order valence-corrected chi connectivity index (χ0v) is 9.70. The van der Waals surface area contributed by atoms with Gasteiger partial charge in [0.25, 0.3) is 0 Å². The van der Waals surface area contributed by atoms with Crippen molar-refractivity contribution in [3.63, 3.8) is 0 Å².